The lowest BCUT2D eigenvalue weighted by Gasteiger charge is -2.42. The average Bonchev–Trinajstić information content (AvgIpc) is 3.84. The molecule has 0 spiro atoms. The molecule has 9 N–H and O–H groups in total. The minimum Gasteiger partial charge on any atom is -0.394 e. The monoisotopic (exact) mass is 777 g/mol. The van der Waals surface area contributed by atoms with Crippen LogP contribution < -0.4 is 32.7 Å². The number of fused-ring (bicyclic) bond motifs is 5. The standard InChI is InChI=1S/C38H51N9O7S/c39-38(40)42-14-5-11-26-33(50)41-15-13-32(49)43-27(19-25-10-6-16-55-25)34(51)45-28(21-48)36(53)46-20-24-9-2-1-7-22(24)17-31(46)37(54)47-29-12-4-3-8-23(29)18-30(47)35(52)44-26/h1-2,6-7,9-10,16,23,26-31,48H,3-5,8,11-15,17-21H2,(H,41,50)(H,43,49)(H,44,52)(H,45,51)(H4,39,40,42)/t23-,26-,27-,28-,29-,30-,31+/m0/s1. The van der Waals surface area contributed by atoms with E-state index in [9.17, 15) is 29.1 Å². The van der Waals surface area contributed by atoms with Gasteiger partial charge in [-0.25, -0.2) is 0 Å². The Hall–Kier alpha value is -5.03. The van der Waals surface area contributed by atoms with Crippen molar-refractivity contribution in [1.29, 1.82) is 0 Å². The second-order valence-electron chi connectivity index (χ2n) is 14.8. The number of nitrogens with one attached hydrogen (secondary N) is 4. The van der Waals surface area contributed by atoms with Gasteiger partial charge in [0.05, 0.1) is 6.61 Å². The van der Waals surface area contributed by atoms with Crippen LogP contribution in [0.3, 0.4) is 0 Å². The van der Waals surface area contributed by atoms with Gasteiger partial charge in [-0.1, -0.05) is 43.2 Å². The van der Waals surface area contributed by atoms with Gasteiger partial charge in [0.25, 0.3) is 0 Å². The minimum atomic E-state index is -1.42. The highest BCUT2D eigenvalue weighted by Crippen LogP contribution is 2.41. The molecule has 6 rings (SSSR count). The third-order valence-electron chi connectivity index (χ3n) is 11.1. The maximum Gasteiger partial charge on any atom is 0.248 e. The van der Waals surface area contributed by atoms with Crippen molar-refractivity contribution in [3.63, 3.8) is 0 Å². The van der Waals surface area contributed by atoms with Crippen molar-refractivity contribution in [2.24, 2.45) is 22.4 Å². The zero-order valence-electron chi connectivity index (χ0n) is 30.8. The Morgan fingerprint density at radius 3 is 2.36 bits per heavy atom. The minimum absolute atomic E-state index is 0.0456. The Bertz CT molecular complexity index is 1770. The first-order chi connectivity index (χ1) is 26.5. The number of carbonyl (C=O) groups is 6. The van der Waals surface area contributed by atoms with Crippen LogP contribution >= 0.6 is 11.3 Å². The summed E-state index contributed by atoms with van der Waals surface area (Å²) in [6.45, 7) is -0.577. The van der Waals surface area contributed by atoms with Crippen LogP contribution in [-0.2, 0) is 48.2 Å². The molecule has 0 unspecified atom stereocenters. The van der Waals surface area contributed by atoms with Gasteiger partial charge in [-0.3, -0.25) is 33.8 Å². The topological polar surface area (TPSA) is 242 Å². The Morgan fingerprint density at radius 2 is 1.62 bits per heavy atom. The average molecular weight is 778 g/mol. The van der Waals surface area contributed by atoms with Crippen LogP contribution in [0.2, 0.25) is 0 Å². The summed E-state index contributed by atoms with van der Waals surface area (Å²) in [5.41, 5.74) is 12.7. The number of aliphatic imine (C=N–C) groups is 1. The van der Waals surface area contributed by atoms with Crippen LogP contribution in [0.4, 0.5) is 0 Å². The maximum absolute atomic E-state index is 15.0. The number of nitrogens with two attached hydrogens (primary N) is 2. The second-order valence-corrected chi connectivity index (χ2v) is 15.8. The molecule has 4 aliphatic rings. The zero-order chi connectivity index (χ0) is 39.1. The van der Waals surface area contributed by atoms with Gasteiger partial charge in [-0.15, -0.1) is 11.3 Å². The lowest BCUT2D eigenvalue weighted by Crippen LogP contribution is -2.62. The van der Waals surface area contributed by atoms with Gasteiger partial charge in [0.15, 0.2) is 5.96 Å². The Labute approximate surface area is 323 Å². The summed E-state index contributed by atoms with van der Waals surface area (Å²) in [6.07, 6.45) is 4.43. The van der Waals surface area contributed by atoms with Gasteiger partial charge in [0, 0.05) is 49.8 Å². The first-order valence-corrected chi connectivity index (χ1v) is 20.0. The molecule has 3 aliphatic heterocycles. The summed E-state index contributed by atoms with van der Waals surface area (Å²) in [5.74, 6) is -3.30. The maximum atomic E-state index is 15.0. The molecule has 4 heterocycles. The molecule has 6 amide bonds. The number of hydrogen-bond acceptors (Lipinski definition) is 9. The van der Waals surface area contributed by atoms with E-state index in [-0.39, 0.29) is 63.2 Å². The summed E-state index contributed by atoms with van der Waals surface area (Å²) in [4.78, 5) is 92.4. The van der Waals surface area contributed by atoms with Crippen molar-refractivity contribution >= 4 is 52.7 Å². The van der Waals surface area contributed by atoms with E-state index in [2.05, 4.69) is 26.3 Å². The summed E-state index contributed by atoms with van der Waals surface area (Å²) < 4.78 is 0. The molecule has 3 fully saturated rings. The molecule has 1 aromatic carbocycles. The van der Waals surface area contributed by atoms with Crippen molar-refractivity contribution in [3.8, 4) is 0 Å². The van der Waals surface area contributed by atoms with E-state index in [0.717, 1.165) is 35.3 Å². The SMILES string of the molecule is NC(N)=NCCC[C@@H]1NC(=O)[C@@H]2C[C@@H]3CCCC[C@@H]3N2C(=O)[C@H]2Cc3ccccc3CN2C(=O)[C@H](CO)NC(=O)[C@H](Cc2cccs2)NC(=O)CCNC1=O. The van der Waals surface area contributed by atoms with E-state index < -0.39 is 72.3 Å². The fourth-order valence-corrected chi connectivity index (χ4v) is 9.14. The predicted molar refractivity (Wildman–Crippen MR) is 204 cm³/mol. The highest BCUT2D eigenvalue weighted by Gasteiger charge is 2.51. The van der Waals surface area contributed by atoms with Gasteiger partial charge in [0.2, 0.25) is 35.4 Å². The third kappa shape index (κ3) is 9.44. The van der Waals surface area contributed by atoms with Crippen molar-refractivity contribution in [1.82, 2.24) is 31.1 Å². The van der Waals surface area contributed by atoms with Crippen molar-refractivity contribution in [3.05, 3.63) is 57.8 Å². The number of carbonyl (C=O) groups excluding carboxylic acids is 6. The lowest BCUT2D eigenvalue weighted by molar-refractivity contribution is -0.153. The molecule has 55 heavy (non-hydrogen) atoms. The summed E-state index contributed by atoms with van der Waals surface area (Å²) >= 11 is 1.40. The normalized spacial score (nSPS) is 28.1. The number of guanidine groups is 1. The number of aliphatic hydroxyl groups excluding tert-OH is 1. The molecule has 16 nitrogen and oxygen atoms in total. The Balaban J connectivity index is 1.37. The third-order valence-corrected chi connectivity index (χ3v) is 12.0. The highest BCUT2D eigenvalue weighted by atomic mass is 32.1. The number of aliphatic hydroxyl groups is 1. The highest BCUT2D eigenvalue weighted by molar-refractivity contribution is 7.09. The van der Waals surface area contributed by atoms with E-state index in [0.29, 0.717) is 19.3 Å². The fraction of sp³-hybridized carbons (Fsp3) is 0.553. The number of rotatable bonds is 7. The van der Waals surface area contributed by atoms with Crippen LogP contribution in [-0.4, -0.2) is 112 Å². The smallest absolute Gasteiger partial charge is 0.248 e. The molecular formula is C38H51N9O7S. The van der Waals surface area contributed by atoms with Gasteiger partial charge in [-0.05, 0) is 60.6 Å². The van der Waals surface area contributed by atoms with Gasteiger partial charge in [-0.2, -0.15) is 0 Å². The molecule has 2 aromatic rings. The predicted octanol–water partition coefficient (Wildman–Crippen LogP) is -0.576. The molecule has 7 atom stereocenters. The van der Waals surface area contributed by atoms with E-state index in [1.807, 2.05) is 41.8 Å². The zero-order valence-corrected chi connectivity index (χ0v) is 31.6. The Morgan fingerprint density at radius 1 is 0.855 bits per heavy atom. The van der Waals surface area contributed by atoms with E-state index >= 15 is 4.79 Å². The van der Waals surface area contributed by atoms with E-state index in [1.165, 1.54) is 16.2 Å². The summed E-state index contributed by atoms with van der Waals surface area (Å²) in [5, 5.41) is 23.4. The quantitative estimate of drug-likeness (QED) is 0.108. The summed E-state index contributed by atoms with van der Waals surface area (Å²) in [6, 6.07) is 5.40. The molecule has 296 valence electrons. The van der Waals surface area contributed by atoms with Gasteiger partial charge < -0.3 is 47.6 Å². The van der Waals surface area contributed by atoms with Crippen molar-refractivity contribution < 1.29 is 33.9 Å². The van der Waals surface area contributed by atoms with Crippen molar-refractivity contribution in [2.45, 2.75) is 107 Å². The molecule has 2 saturated heterocycles. The molecular weight excluding hydrogens is 727 g/mol. The van der Waals surface area contributed by atoms with Crippen LogP contribution in [0, 0.1) is 5.92 Å². The summed E-state index contributed by atoms with van der Waals surface area (Å²) in [7, 11) is 0. The first kappa shape index (κ1) is 39.7. The van der Waals surface area contributed by atoms with E-state index in [1.54, 1.807) is 4.90 Å². The fourth-order valence-electron chi connectivity index (χ4n) is 8.38. The Kier molecular flexibility index (Phi) is 13.0. The largest absolute Gasteiger partial charge is 0.394 e. The molecule has 1 saturated carbocycles. The number of benzene rings is 1. The van der Waals surface area contributed by atoms with Gasteiger partial charge in [0.1, 0.15) is 30.2 Å². The first-order valence-electron chi connectivity index (χ1n) is 19.1. The van der Waals surface area contributed by atoms with Crippen LogP contribution in [0.5, 0.6) is 0 Å². The number of hydrogen-bond donors (Lipinski definition) is 7. The molecule has 0 radical (unpaired) electrons. The molecule has 0 bridgehead atoms. The molecule has 1 aliphatic carbocycles. The number of amides is 6. The molecule has 1 aromatic heterocycles. The second kappa shape index (κ2) is 18.1. The van der Waals surface area contributed by atoms with Crippen LogP contribution in [0.15, 0.2) is 46.8 Å². The van der Waals surface area contributed by atoms with Gasteiger partial charge >= 0.3 is 0 Å². The number of thiophene rings is 1. The lowest BCUT2D eigenvalue weighted by atomic mass is 9.84. The van der Waals surface area contributed by atoms with Crippen LogP contribution in [0.1, 0.15) is 67.4 Å². The van der Waals surface area contributed by atoms with E-state index in [4.69, 9.17) is 11.5 Å². The number of nitrogens with zero attached hydrogens (tertiary/aromatic N) is 3. The van der Waals surface area contributed by atoms with Crippen molar-refractivity contribution in [2.75, 3.05) is 19.7 Å². The van der Waals surface area contributed by atoms with Crippen LogP contribution in [0.25, 0.3) is 0 Å². The molecule has 17 heteroatoms.